The Morgan fingerprint density at radius 1 is 0.333 bits per heavy atom. The summed E-state index contributed by atoms with van der Waals surface area (Å²) in [7, 11) is 0. The van der Waals surface area contributed by atoms with Crippen molar-refractivity contribution in [2.75, 3.05) is 0 Å². The Morgan fingerprint density at radius 2 is 0.824 bits per heavy atom. The summed E-state index contributed by atoms with van der Waals surface area (Å²) in [5.41, 5.74) is 10.9. The number of fused-ring (bicyclic) bond motifs is 9. The van der Waals surface area contributed by atoms with Crippen LogP contribution in [0.5, 0.6) is 0 Å². The third-order valence-corrected chi connectivity index (χ3v) is 12.5. The Labute approximate surface area is 297 Å². The van der Waals surface area contributed by atoms with Gasteiger partial charge in [-0.2, -0.15) is 0 Å². The lowest BCUT2D eigenvalue weighted by molar-refractivity contribution is 0.491. The molecule has 0 atom stereocenters. The lowest BCUT2D eigenvalue weighted by Crippen LogP contribution is -2.23. The molecule has 10 aromatic rings. The quantitative estimate of drug-likeness (QED) is 0.132. The van der Waals surface area contributed by atoms with Gasteiger partial charge in [0.2, 0.25) is 0 Å². The number of rotatable bonds is 4. The molecule has 10 aromatic carbocycles. The molecule has 0 radical (unpaired) electrons. The molecule has 1 aliphatic carbocycles. The van der Waals surface area contributed by atoms with E-state index in [1.165, 1.54) is 109 Å². The Hall–Kier alpha value is -5.98. The van der Waals surface area contributed by atoms with Gasteiger partial charge >= 0.3 is 0 Å². The van der Waals surface area contributed by atoms with E-state index in [2.05, 4.69) is 172 Å². The molecule has 0 aromatic heterocycles. The van der Waals surface area contributed by atoms with Crippen molar-refractivity contribution < 1.29 is 0 Å². The van der Waals surface area contributed by atoms with Crippen molar-refractivity contribution in [3.63, 3.8) is 0 Å². The summed E-state index contributed by atoms with van der Waals surface area (Å²) < 4.78 is 0. The van der Waals surface area contributed by atoms with Gasteiger partial charge in [-0.15, -0.1) is 0 Å². The second-order valence-corrected chi connectivity index (χ2v) is 14.6. The van der Waals surface area contributed by atoms with Crippen molar-refractivity contribution in [1.29, 1.82) is 0 Å². The monoisotopic (exact) mass is 648 g/mol. The van der Waals surface area contributed by atoms with Crippen molar-refractivity contribution in [2.45, 2.75) is 32.1 Å². The third-order valence-electron chi connectivity index (χ3n) is 12.5. The van der Waals surface area contributed by atoms with E-state index >= 15 is 0 Å². The van der Waals surface area contributed by atoms with Crippen molar-refractivity contribution >= 4 is 64.6 Å². The van der Waals surface area contributed by atoms with Gasteiger partial charge in [-0.05, 0) is 134 Å². The van der Waals surface area contributed by atoms with Crippen LogP contribution in [0.2, 0.25) is 0 Å². The number of hydrogen-bond acceptors (Lipinski definition) is 0. The van der Waals surface area contributed by atoms with E-state index in [9.17, 15) is 0 Å². The highest BCUT2D eigenvalue weighted by Crippen LogP contribution is 2.55. The SMILES string of the molecule is CCC1(CC)c2cc(-c3cccc4c3ccc3ccccc34)ccc2-c2ccc(-c3ccc4c5ccccc5c5cccc6ccc3c4c65)cc21. The Morgan fingerprint density at radius 3 is 1.55 bits per heavy atom. The van der Waals surface area contributed by atoms with Crippen LogP contribution in [0.25, 0.3) is 98.0 Å². The topological polar surface area (TPSA) is 0 Å². The molecule has 0 aliphatic heterocycles. The minimum absolute atomic E-state index is 0.0477. The Balaban J connectivity index is 1.10. The molecule has 0 saturated carbocycles. The third kappa shape index (κ3) is 3.80. The molecule has 0 N–H and O–H groups in total. The van der Waals surface area contributed by atoms with E-state index in [0.717, 1.165) is 12.8 Å². The first-order chi connectivity index (χ1) is 25.2. The second-order valence-electron chi connectivity index (χ2n) is 14.6. The van der Waals surface area contributed by atoms with Gasteiger partial charge in [-0.3, -0.25) is 0 Å². The molecule has 0 fully saturated rings. The van der Waals surface area contributed by atoms with Crippen LogP contribution in [0.4, 0.5) is 0 Å². The Kier molecular flexibility index (Phi) is 5.94. The highest BCUT2D eigenvalue weighted by molar-refractivity contribution is 6.35. The van der Waals surface area contributed by atoms with Crippen LogP contribution in [-0.2, 0) is 5.41 Å². The van der Waals surface area contributed by atoms with Crippen LogP contribution in [0.3, 0.4) is 0 Å². The molecule has 0 spiro atoms. The molecule has 0 saturated heterocycles. The fourth-order valence-corrected chi connectivity index (χ4v) is 10.0. The molecule has 0 nitrogen and oxygen atoms in total. The summed E-state index contributed by atoms with van der Waals surface area (Å²) in [4.78, 5) is 0. The first-order valence-corrected chi connectivity index (χ1v) is 18.5. The maximum absolute atomic E-state index is 2.54. The average Bonchev–Trinajstić information content (AvgIpc) is 3.48. The van der Waals surface area contributed by atoms with E-state index < -0.39 is 0 Å². The zero-order valence-electron chi connectivity index (χ0n) is 28.9. The van der Waals surface area contributed by atoms with E-state index in [-0.39, 0.29) is 5.41 Å². The molecule has 0 unspecified atom stereocenters. The summed E-state index contributed by atoms with van der Waals surface area (Å²) in [5.74, 6) is 0. The van der Waals surface area contributed by atoms with Crippen molar-refractivity contribution in [3.05, 3.63) is 169 Å². The molecule has 240 valence electrons. The van der Waals surface area contributed by atoms with Gasteiger partial charge < -0.3 is 0 Å². The summed E-state index contributed by atoms with van der Waals surface area (Å²) >= 11 is 0. The van der Waals surface area contributed by atoms with E-state index in [1.807, 2.05) is 0 Å². The smallest absolute Gasteiger partial charge is 0.0210 e. The Bertz CT molecular complexity index is 3040. The lowest BCUT2D eigenvalue weighted by atomic mass is 9.73. The predicted molar refractivity (Wildman–Crippen MR) is 220 cm³/mol. The van der Waals surface area contributed by atoms with Crippen molar-refractivity contribution in [1.82, 2.24) is 0 Å². The van der Waals surface area contributed by atoms with E-state index in [4.69, 9.17) is 0 Å². The highest BCUT2D eigenvalue weighted by Gasteiger charge is 2.41. The molecular formula is C51H36. The maximum Gasteiger partial charge on any atom is 0.0210 e. The van der Waals surface area contributed by atoms with E-state index in [0.29, 0.717) is 0 Å². The van der Waals surface area contributed by atoms with Crippen LogP contribution in [0.1, 0.15) is 37.8 Å². The molecule has 51 heavy (non-hydrogen) atoms. The fourth-order valence-electron chi connectivity index (χ4n) is 10.0. The van der Waals surface area contributed by atoms with Gasteiger partial charge in [-0.1, -0.05) is 159 Å². The molecular weight excluding hydrogens is 613 g/mol. The van der Waals surface area contributed by atoms with Crippen LogP contribution in [0, 0.1) is 0 Å². The maximum atomic E-state index is 2.54. The van der Waals surface area contributed by atoms with Crippen LogP contribution < -0.4 is 0 Å². The summed E-state index contributed by atoms with van der Waals surface area (Å²) in [6.45, 7) is 4.76. The highest BCUT2D eigenvalue weighted by atomic mass is 14.4. The van der Waals surface area contributed by atoms with Gasteiger partial charge in [0, 0.05) is 5.41 Å². The van der Waals surface area contributed by atoms with Gasteiger partial charge in [-0.25, -0.2) is 0 Å². The normalized spacial score (nSPS) is 13.6. The minimum Gasteiger partial charge on any atom is -0.0642 e. The molecule has 0 bridgehead atoms. The number of benzene rings is 10. The van der Waals surface area contributed by atoms with Gasteiger partial charge in [0.15, 0.2) is 0 Å². The lowest BCUT2D eigenvalue weighted by Gasteiger charge is -2.30. The molecule has 0 amide bonds. The first kappa shape index (κ1) is 28.8. The van der Waals surface area contributed by atoms with Crippen molar-refractivity contribution in [2.24, 2.45) is 0 Å². The minimum atomic E-state index is -0.0477. The molecule has 0 heteroatoms. The largest absolute Gasteiger partial charge is 0.0642 e. The predicted octanol–water partition coefficient (Wildman–Crippen LogP) is 14.5. The summed E-state index contributed by atoms with van der Waals surface area (Å²) in [6, 6.07) is 59.8. The van der Waals surface area contributed by atoms with Crippen LogP contribution in [0.15, 0.2) is 158 Å². The van der Waals surface area contributed by atoms with Crippen LogP contribution in [-0.4, -0.2) is 0 Å². The van der Waals surface area contributed by atoms with Crippen molar-refractivity contribution in [3.8, 4) is 33.4 Å². The molecule has 1 aliphatic rings. The van der Waals surface area contributed by atoms with Gasteiger partial charge in [0.05, 0.1) is 0 Å². The molecule has 11 rings (SSSR count). The standard InChI is InChI=1S/C51H36/c1-3-51(4-2)47-29-33(36-16-10-17-38-35-13-6-5-11-31(35)19-23-41(36)38)21-24-42(47)43-25-22-34(30-48(43)51)37-27-28-46-40-15-8-7-14-39(40)44-18-9-12-32-20-26-45(37)50(46)49(32)44/h5-30H,3-4H2,1-2H3. The zero-order valence-corrected chi connectivity index (χ0v) is 28.9. The van der Waals surface area contributed by atoms with Crippen LogP contribution >= 0.6 is 0 Å². The summed E-state index contributed by atoms with van der Waals surface area (Å²) in [6.07, 6.45) is 2.11. The average molecular weight is 649 g/mol. The summed E-state index contributed by atoms with van der Waals surface area (Å²) in [5, 5.41) is 16.0. The second kappa shape index (κ2) is 10.5. The number of hydrogen-bond donors (Lipinski definition) is 0. The van der Waals surface area contributed by atoms with E-state index in [1.54, 1.807) is 0 Å². The van der Waals surface area contributed by atoms with Gasteiger partial charge in [0.25, 0.3) is 0 Å². The molecule has 0 heterocycles. The first-order valence-electron chi connectivity index (χ1n) is 18.5. The zero-order chi connectivity index (χ0) is 33.8. The fraction of sp³-hybridized carbons (Fsp3) is 0.0980. The van der Waals surface area contributed by atoms with Gasteiger partial charge in [0.1, 0.15) is 0 Å².